The molecule has 1 unspecified atom stereocenters. The van der Waals surface area contributed by atoms with Crippen molar-refractivity contribution < 1.29 is 26.8 Å². The Kier molecular flexibility index (Phi) is 6.22. The Morgan fingerprint density at radius 3 is 2.42 bits per heavy atom. The molecule has 3 aromatic carbocycles. The van der Waals surface area contributed by atoms with Crippen LogP contribution in [0.5, 0.6) is 0 Å². The van der Waals surface area contributed by atoms with Crippen LogP contribution in [0.15, 0.2) is 71.6 Å². The van der Waals surface area contributed by atoms with Crippen molar-refractivity contribution in [1.82, 2.24) is 4.72 Å². The van der Waals surface area contributed by atoms with Gasteiger partial charge in [0.1, 0.15) is 17.0 Å². The summed E-state index contributed by atoms with van der Waals surface area (Å²) in [6.07, 6.45) is 0. The molecule has 0 aromatic heterocycles. The molecule has 1 N–H and O–H groups in total. The Labute approximate surface area is 193 Å². The number of halogens is 2. The van der Waals surface area contributed by atoms with Gasteiger partial charge in [-0.25, -0.2) is 21.9 Å². The molecule has 0 aliphatic carbocycles. The Morgan fingerprint density at radius 1 is 1.03 bits per heavy atom. The van der Waals surface area contributed by atoms with E-state index >= 15 is 0 Å². The van der Waals surface area contributed by atoms with Crippen molar-refractivity contribution in [2.45, 2.75) is 17.2 Å². The number of hydrogen-bond donors (Lipinski definition) is 1. The molecule has 0 bridgehead atoms. The summed E-state index contributed by atoms with van der Waals surface area (Å²) in [5.41, 5.74) is 1.47. The topological polar surface area (TPSA) is 83.6 Å². The van der Waals surface area contributed by atoms with Gasteiger partial charge in [-0.1, -0.05) is 30.3 Å². The van der Waals surface area contributed by atoms with E-state index in [-0.39, 0.29) is 22.9 Å². The van der Waals surface area contributed by atoms with E-state index in [9.17, 15) is 26.8 Å². The molecule has 1 fully saturated rings. The van der Waals surface area contributed by atoms with Gasteiger partial charge in [0.25, 0.3) is 15.9 Å². The zero-order valence-electron chi connectivity index (χ0n) is 17.3. The maximum absolute atomic E-state index is 13.5. The highest BCUT2D eigenvalue weighted by molar-refractivity contribution is 8.00. The Bertz CT molecular complexity index is 1340. The summed E-state index contributed by atoms with van der Waals surface area (Å²) < 4.78 is 54.2. The van der Waals surface area contributed by atoms with Crippen molar-refractivity contribution in [2.24, 2.45) is 0 Å². The summed E-state index contributed by atoms with van der Waals surface area (Å²) in [7, 11) is -4.36. The Hall–Kier alpha value is -3.24. The number of para-hydroxylation sites is 1. The molecule has 33 heavy (non-hydrogen) atoms. The lowest BCUT2D eigenvalue weighted by Gasteiger charge is -2.28. The van der Waals surface area contributed by atoms with E-state index in [0.717, 1.165) is 12.1 Å². The molecule has 1 aliphatic heterocycles. The Morgan fingerprint density at radius 2 is 1.73 bits per heavy atom. The first-order valence-corrected chi connectivity index (χ1v) is 12.3. The maximum Gasteiger partial charge on any atom is 0.267 e. The van der Waals surface area contributed by atoms with Gasteiger partial charge in [-0.3, -0.25) is 14.5 Å². The molecule has 170 valence electrons. The number of sulfonamides is 1. The molecule has 1 heterocycles. The molecule has 0 saturated carbocycles. The van der Waals surface area contributed by atoms with Crippen molar-refractivity contribution in [3.8, 4) is 0 Å². The molecular formula is C23H18F2N2O4S2. The van der Waals surface area contributed by atoms with Crippen LogP contribution in [-0.4, -0.2) is 26.0 Å². The summed E-state index contributed by atoms with van der Waals surface area (Å²) in [4.78, 5) is 26.9. The van der Waals surface area contributed by atoms with E-state index < -0.39 is 37.8 Å². The van der Waals surface area contributed by atoms with E-state index in [1.54, 1.807) is 31.2 Å². The van der Waals surface area contributed by atoms with Gasteiger partial charge in [0, 0.05) is 0 Å². The molecule has 10 heteroatoms. The first-order chi connectivity index (χ1) is 15.7. The highest BCUT2D eigenvalue weighted by Crippen LogP contribution is 2.44. The third-order valence-electron chi connectivity index (χ3n) is 5.08. The fourth-order valence-electron chi connectivity index (χ4n) is 3.57. The van der Waals surface area contributed by atoms with Crippen LogP contribution >= 0.6 is 11.8 Å². The zero-order valence-corrected chi connectivity index (χ0v) is 18.9. The van der Waals surface area contributed by atoms with E-state index in [1.165, 1.54) is 47.0 Å². The summed E-state index contributed by atoms with van der Waals surface area (Å²) in [5.74, 6) is -2.27. The third kappa shape index (κ3) is 4.62. The number of anilines is 1. The normalized spacial score (nSPS) is 16.2. The molecule has 1 atom stereocenters. The molecule has 6 nitrogen and oxygen atoms in total. The van der Waals surface area contributed by atoms with Gasteiger partial charge >= 0.3 is 0 Å². The van der Waals surface area contributed by atoms with Crippen LogP contribution in [0.25, 0.3) is 0 Å². The van der Waals surface area contributed by atoms with Crippen LogP contribution in [0.1, 0.15) is 26.9 Å². The molecule has 0 spiro atoms. The van der Waals surface area contributed by atoms with Crippen LogP contribution in [0, 0.1) is 18.6 Å². The van der Waals surface area contributed by atoms with Crippen molar-refractivity contribution in [3.05, 3.63) is 95.1 Å². The molecule has 1 aliphatic rings. The third-order valence-corrected chi connectivity index (χ3v) is 7.62. The highest BCUT2D eigenvalue weighted by Gasteiger charge is 2.37. The number of carbonyl (C=O) groups excluding carboxylic acids is 2. The molecule has 4 rings (SSSR count). The van der Waals surface area contributed by atoms with Crippen LogP contribution in [-0.2, 0) is 14.8 Å². The smallest absolute Gasteiger partial charge is 0.267 e. The van der Waals surface area contributed by atoms with Crippen LogP contribution in [0.4, 0.5) is 14.5 Å². The van der Waals surface area contributed by atoms with E-state index in [0.29, 0.717) is 11.1 Å². The monoisotopic (exact) mass is 488 g/mol. The van der Waals surface area contributed by atoms with E-state index in [4.69, 9.17) is 0 Å². The average molecular weight is 489 g/mol. The van der Waals surface area contributed by atoms with Crippen LogP contribution in [0.3, 0.4) is 0 Å². The first kappa shape index (κ1) is 22.9. The predicted octanol–water partition coefficient (Wildman–Crippen LogP) is 4.17. The second-order valence-corrected chi connectivity index (χ2v) is 10.1. The number of rotatable bonds is 5. The van der Waals surface area contributed by atoms with Gasteiger partial charge in [0.2, 0.25) is 5.91 Å². The standard InChI is InChI=1S/C23H18F2N2O4S2/c1-14-4-2-7-19(22(29)26-33(30,31)18-6-3-5-17(25)12-18)21(14)27-20(28)13-32-23(27)15-8-10-16(24)11-9-15/h2-12,23H,13H2,1H3,(H,26,29). The van der Waals surface area contributed by atoms with Crippen molar-refractivity contribution >= 4 is 39.3 Å². The summed E-state index contributed by atoms with van der Waals surface area (Å²) in [5, 5.41) is -0.523. The fourth-order valence-corrected chi connectivity index (χ4v) is 5.73. The van der Waals surface area contributed by atoms with Gasteiger partial charge < -0.3 is 0 Å². The van der Waals surface area contributed by atoms with Crippen molar-refractivity contribution in [3.63, 3.8) is 0 Å². The van der Waals surface area contributed by atoms with Gasteiger partial charge in [-0.15, -0.1) is 11.8 Å². The first-order valence-electron chi connectivity index (χ1n) is 9.79. The SMILES string of the molecule is Cc1cccc(C(=O)NS(=O)(=O)c2cccc(F)c2)c1N1C(=O)CSC1c1ccc(F)cc1. The molecule has 2 amide bonds. The highest BCUT2D eigenvalue weighted by atomic mass is 32.2. The lowest BCUT2D eigenvalue weighted by atomic mass is 10.0. The number of carbonyl (C=O) groups is 2. The lowest BCUT2D eigenvalue weighted by Crippen LogP contribution is -2.34. The number of benzene rings is 3. The minimum atomic E-state index is -4.36. The largest absolute Gasteiger partial charge is 0.294 e. The minimum Gasteiger partial charge on any atom is -0.294 e. The number of thioether (sulfide) groups is 1. The molecular weight excluding hydrogens is 470 g/mol. The summed E-state index contributed by atoms with van der Waals surface area (Å²) >= 11 is 1.32. The minimum absolute atomic E-state index is 0.0297. The van der Waals surface area contributed by atoms with Crippen molar-refractivity contribution in [2.75, 3.05) is 10.7 Å². The van der Waals surface area contributed by atoms with E-state index in [1.807, 2.05) is 4.72 Å². The zero-order chi connectivity index (χ0) is 23.8. The van der Waals surface area contributed by atoms with E-state index in [2.05, 4.69) is 0 Å². The summed E-state index contributed by atoms with van der Waals surface area (Å²) in [6.45, 7) is 1.70. The number of aryl methyl sites for hydroxylation is 1. The van der Waals surface area contributed by atoms with Gasteiger partial charge in [0.05, 0.1) is 21.9 Å². The number of nitrogens with zero attached hydrogens (tertiary/aromatic N) is 1. The molecule has 0 radical (unpaired) electrons. The Balaban J connectivity index is 1.73. The van der Waals surface area contributed by atoms with Crippen molar-refractivity contribution in [1.29, 1.82) is 0 Å². The summed E-state index contributed by atoms with van der Waals surface area (Å²) in [6, 6.07) is 14.7. The van der Waals surface area contributed by atoms with Crippen LogP contribution < -0.4 is 9.62 Å². The number of hydrogen-bond acceptors (Lipinski definition) is 5. The molecule has 3 aromatic rings. The second-order valence-electron chi connectivity index (χ2n) is 7.34. The predicted molar refractivity (Wildman–Crippen MR) is 121 cm³/mol. The van der Waals surface area contributed by atoms with Gasteiger partial charge in [-0.05, 0) is 54.4 Å². The van der Waals surface area contributed by atoms with Crippen LogP contribution in [0.2, 0.25) is 0 Å². The van der Waals surface area contributed by atoms with Gasteiger partial charge in [0.15, 0.2) is 0 Å². The fraction of sp³-hybridized carbons (Fsp3) is 0.130. The van der Waals surface area contributed by atoms with Gasteiger partial charge in [-0.2, -0.15) is 0 Å². The second kappa shape index (κ2) is 8.95. The average Bonchev–Trinajstić information content (AvgIpc) is 3.14. The molecule has 1 saturated heterocycles. The quantitative estimate of drug-likeness (QED) is 0.583. The lowest BCUT2D eigenvalue weighted by molar-refractivity contribution is -0.115. The maximum atomic E-state index is 13.5. The number of nitrogens with one attached hydrogen (secondary N) is 1. The number of amides is 2.